The second kappa shape index (κ2) is 3.94. The van der Waals surface area contributed by atoms with Gasteiger partial charge in [0, 0.05) is 25.0 Å². The minimum Gasteiger partial charge on any atom is -0.469 e. The summed E-state index contributed by atoms with van der Waals surface area (Å²) in [6, 6.07) is 4.78. The molecule has 3 heteroatoms. The van der Waals surface area contributed by atoms with Gasteiger partial charge in [0.15, 0.2) is 0 Å². The van der Waals surface area contributed by atoms with Crippen LogP contribution in [0.1, 0.15) is 18.6 Å². The smallest absolute Gasteiger partial charge is 0.105 e. The molecule has 2 rings (SSSR count). The Balaban J connectivity index is 1.68. The molecule has 1 saturated carbocycles. The fourth-order valence-electron chi connectivity index (χ4n) is 1.36. The van der Waals surface area contributed by atoms with Gasteiger partial charge in [-0.3, -0.25) is 0 Å². The van der Waals surface area contributed by atoms with Crippen LogP contribution in [-0.2, 0) is 6.42 Å². The number of nitrogens with two attached hydrogens (primary N) is 1. The molecule has 1 aromatic heterocycles. The quantitative estimate of drug-likeness (QED) is 0.708. The largest absolute Gasteiger partial charge is 0.469 e. The fourth-order valence-corrected chi connectivity index (χ4v) is 1.36. The van der Waals surface area contributed by atoms with E-state index in [4.69, 9.17) is 10.2 Å². The molecule has 0 spiro atoms. The molecule has 72 valence electrons. The first kappa shape index (κ1) is 8.78. The summed E-state index contributed by atoms with van der Waals surface area (Å²) in [6.45, 7) is 0.894. The van der Waals surface area contributed by atoms with Crippen LogP contribution < -0.4 is 11.1 Å². The minimum absolute atomic E-state index is 0.173. The van der Waals surface area contributed by atoms with Crippen LogP contribution in [0, 0.1) is 0 Å². The van der Waals surface area contributed by atoms with E-state index >= 15 is 0 Å². The topological polar surface area (TPSA) is 51.2 Å². The predicted molar refractivity (Wildman–Crippen MR) is 51.4 cm³/mol. The first-order valence-corrected chi connectivity index (χ1v) is 4.86. The number of rotatable bonds is 5. The molecule has 1 atom stereocenters. The van der Waals surface area contributed by atoms with Gasteiger partial charge in [-0.1, -0.05) is 0 Å². The molecule has 0 aromatic carbocycles. The van der Waals surface area contributed by atoms with Gasteiger partial charge in [0.05, 0.1) is 6.26 Å². The van der Waals surface area contributed by atoms with Crippen molar-refractivity contribution < 1.29 is 4.42 Å². The van der Waals surface area contributed by atoms with Crippen LogP contribution in [0.3, 0.4) is 0 Å². The number of hydrogen-bond acceptors (Lipinski definition) is 3. The Morgan fingerprint density at radius 3 is 3.08 bits per heavy atom. The lowest BCUT2D eigenvalue weighted by Crippen LogP contribution is -2.36. The van der Waals surface area contributed by atoms with E-state index in [9.17, 15) is 0 Å². The van der Waals surface area contributed by atoms with E-state index in [0.717, 1.165) is 24.8 Å². The maximum Gasteiger partial charge on any atom is 0.105 e. The molecule has 0 aliphatic heterocycles. The molecule has 1 fully saturated rings. The van der Waals surface area contributed by atoms with Crippen molar-refractivity contribution >= 4 is 0 Å². The molecule has 3 N–H and O–H groups in total. The average Bonchev–Trinajstić information content (AvgIpc) is 2.82. The first-order chi connectivity index (χ1) is 6.34. The molecule has 0 saturated heterocycles. The standard InChI is InChI=1S/C10H16N2O/c11-8(7-12-9-3-4-9)6-10-2-1-5-13-10/h1-2,5,8-9,12H,3-4,6-7,11H2. The van der Waals surface area contributed by atoms with Crippen molar-refractivity contribution in [3.05, 3.63) is 24.2 Å². The Hall–Kier alpha value is -0.800. The lowest BCUT2D eigenvalue weighted by Gasteiger charge is -2.10. The molecule has 1 heterocycles. The van der Waals surface area contributed by atoms with E-state index in [1.807, 2.05) is 12.1 Å². The van der Waals surface area contributed by atoms with Crippen molar-refractivity contribution in [2.75, 3.05) is 6.54 Å². The van der Waals surface area contributed by atoms with Crippen molar-refractivity contribution in [3.8, 4) is 0 Å². The van der Waals surface area contributed by atoms with E-state index in [1.165, 1.54) is 12.8 Å². The second-order valence-electron chi connectivity index (χ2n) is 3.73. The maximum atomic E-state index is 5.92. The average molecular weight is 180 g/mol. The summed E-state index contributed by atoms with van der Waals surface area (Å²) in [7, 11) is 0. The van der Waals surface area contributed by atoms with Crippen LogP contribution in [0.15, 0.2) is 22.8 Å². The van der Waals surface area contributed by atoms with Crippen LogP contribution in [0.4, 0.5) is 0 Å². The van der Waals surface area contributed by atoms with Crippen LogP contribution >= 0.6 is 0 Å². The van der Waals surface area contributed by atoms with E-state index in [1.54, 1.807) is 6.26 Å². The van der Waals surface area contributed by atoms with E-state index < -0.39 is 0 Å². The lowest BCUT2D eigenvalue weighted by atomic mass is 10.2. The van der Waals surface area contributed by atoms with Crippen molar-refractivity contribution in [1.82, 2.24) is 5.32 Å². The third kappa shape index (κ3) is 2.86. The van der Waals surface area contributed by atoms with Crippen molar-refractivity contribution in [2.45, 2.75) is 31.3 Å². The molecule has 0 bridgehead atoms. The molecular weight excluding hydrogens is 164 g/mol. The summed E-state index contributed by atoms with van der Waals surface area (Å²) in [4.78, 5) is 0. The molecule has 1 unspecified atom stereocenters. The van der Waals surface area contributed by atoms with E-state index in [-0.39, 0.29) is 6.04 Å². The van der Waals surface area contributed by atoms with Gasteiger partial charge < -0.3 is 15.5 Å². The number of furan rings is 1. The summed E-state index contributed by atoms with van der Waals surface area (Å²) in [5.41, 5.74) is 5.92. The van der Waals surface area contributed by atoms with Gasteiger partial charge >= 0.3 is 0 Å². The van der Waals surface area contributed by atoms with Gasteiger partial charge in [0.1, 0.15) is 5.76 Å². The van der Waals surface area contributed by atoms with Crippen LogP contribution in [-0.4, -0.2) is 18.6 Å². The Labute approximate surface area is 78.3 Å². The van der Waals surface area contributed by atoms with Crippen molar-refractivity contribution in [3.63, 3.8) is 0 Å². The summed E-state index contributed by atoms with van der Waals surface area (Å²) in [6.07, 6.45) is 5.14. The highest BCUT2D eigenvalue weighted by Crippen LogP contribution is 2.18. The summed E-state index contributed by atoms with van der Waals surface area (Å²) >= 11 is 0. The number of hydrogen-bond donors (Lipinski definition) is 2. The van der Waals surface area contributed by atoms with E-state index in [2.05, 4.69) is 5.32 Å². The van der Waals surface area contributed by atoms with Crippen LogP contribution in [0.25, 0.3) is 0 Å². The monoisotopic (exact) mass is 180 g/mol. The number of nitrogens with one attached hydrogen (secondary N) is 1. The highest BCUT2D eigenvalue weighted by atomic mass is 16.3. The molecule has 1 aliphatic rings. The van der Waals surface area contributed by atoms with Crippen LogP contribution in [0.5, 0.6) is 0 Å². The Bertz CT molecular complexity index is 241. The normalized spacial score (nSPS) is 18.8. The van der Waals surface area contributed by atoms with Gasteiger partial charge in [-0.2, -0.15) is 0 Å². The predicted octanol–water partition coefficient (Wildman–Crippen LogP) is 0.901. The molecule has 0 radical (unpaired) electrons. The molecule has 3 nitrogen and oxygen atoms in total. The highest BCUT2D eigenvalue weighted by molar-refractivity contribution is 5.00. The zero-order valence-electron chi connectivity index (χ0n) is 7.70. The van der Waals surface area contributed by atoms with Gasteiger partial charge in [0.2, 0.25) is 0 Å². The Morgan fingerprint density at radius 2 is 2.46 bits per heavy atom. The first-order valence-electron chi connectivity index (χ1n) is 4.86. The Kier molecular flexibility index (Phi) is 2.66. The minimum atomic E-state index is 0.173. The molecule has 1 aliphatic carbocycles. The summed E-state index contributed by atoms with van der Waals surface area (Å²) in [5.74, 6) is 0.977. The second-order valence-corrected chi connectivity index (χ2v) is 3.73. The fraction of sp³-hybridized carbons (Fsp3) is 0.600. The molecule has 13 heavy (non-hydrogen) atoms. The van der Waals surface area contributed by atoms with Gasteiger partial charge in [0.25, 0.3) is 0 Å². The molecule has 0 amide bonds. The zero-order valence-corrected chi connectivity index (χ0v) is 7.70. The SMILES string of the molecule is NC(CNC1CC1)Cc1ccco1. The zero-order chi connectivity index (χ0) is 9.10. The third-order valence-corrected chi connectivity index (χ3v) is 2.29. The van der Waals surface area contributed by atoms with E-state index in [0.29, 0.717) is 0 Å². The highest BCUT2D eigenvalue weighted by Gasteiger charge is 2.21. The van der Waals surface area contributed by atoms with Gasteiger partial charge in [-0.15, -0.1) is 0 Å². The molecular formula is C10H16N2O. The van der Waals surface area contributed by atoms with Crippen molar-refractivity contribution in [1.29, 1.82) is 0 Å². The van der Waals surface area contributed by atoms with Gasteiger partial charge in [-0.25, -0.2) is 0 Å². The van der Waals surface area contributed by atoms with Crippen molar-refractivity contribution in [2.24, 2.45) is 5.73 Å². The maximum absolute atomic E-state index is 5.92. The summed E-state index contributed by atoms with van der Waals surface area (Å²) < 4.78 is 5.22. The Morgan fingerprint density at radius 1 is 1.62 bits per heavy atom. The van der Waals surface area contributed by atoms with Crippen LogP contribution in [0.2, 0.25) is 0 Å². The summed E-state index contributed by atoms with van der Waals surface area (Å²) in [5, 5.41) is 3.40. The molecule has 1 aromatic rings. The third-order valence-electron chi connectivity index (χ3n) is 2.29. The van der Waals surface area contributed by atoms with Gasteiger partial charge in [-0.05, 0) is 25.0 Å². The lowest BCUT2D eigenvalue weighted by molar-refractivity contribution is 0.471.